The third kappa shape index (κ3) is 3.18. The maximum absolute atomic E-state index is 12.0. The fraction of sp³-hybridized carbons (Fsp3) is 0.400. The predicted molar refractivity (Wildman–Crippen MR) is 78.0 cm³/mol. The Kier molecular flexibility index (Phi) is 4.50. The van der Waals surface area contributed by atoms with Crippen LogP contribution in [0.4, 0.5) is 0 Å². The van der Waals surface area contributed by atoms with Gasteiger partial charge in [0.1, 0.15) is 5.78 Å². The summed E-state index contributed by atoms with van der Waals surface area (Å²) in [5, 5.41) is 3.30. The lowest BCUT2D eigenvalue weighted by Crippen LogP contribution is -2.24. The molecule has 18 heavy (non-hydrogen) atoms. The summed E-state index contributed by atoms with van der Waals surface area (Å²) in [4.78, 5) is 12.0. The quantitative estimate of drug-likeness (QED) is 0.864. The van der Waals surface area contributed by atoms with Crippen LogP contribution in [0.5, 0.6) is 0 Å². The molecule has 0 saturated heterocycles. The van der Waals surface area contributed by atoms with E-state index >= 15 is 0 Å². The summed E-state index contributed by atoms with van der Waals surface area (Å²) in [7, 11) is 0. The maximum atomic E-state index is 12.0. The zero-order valence-corrected chi connectivity index (χ0v) is 11.5. The summed E-state index contributed by atoms with van der Waals surface area (Å²) in [6.07, 6.45) is 2.98. The van der Waals surface area contributed by atoms with E-state index in [9.17, 15) is 4.79 Å². The number of carbonyl (C=O) groups is 1. The molecule has 0 bridgehead atoms. The third-order valence-electron chi connectivity index (χ3n) is 3.10. The number of nitrogens with two attached hydrogens (primary N) is 1. The Morgan fingerprint density at radius 2 is 2.17 bits per heavy atom. The molecule has 1 heterocycles. The molecule has 2 rings (SSSR count). The molecular formula is C15H19NOS. The highest BCUT2D eigenvalue weighted by molar-refractivity contribution is 7.17. The molecule has 2 N–H and O–H groups in total. The van der Waals surface area contributed by atoms with Crippen LogP contribution in [-0.4, -0.2) is 11.8 Å². The lowest BCUT2D eigenvalue weighted by Gasteiger charge is -2.08. The molecule has 3 heteroatoms. The second kappa shape index (κ2) is 6.12. The highest BCUT2D eigenvalue weighted by Gasteiger charge is 2.12. The van der Waals surface area contributed by atoms with Crippen molar-refractivity contribution in [2.75, 3.05) is 0 Å². The fourth-order valence-corrected chi connectivity index (χ4v) is 3.18. The van der Waals surface area contributed by atoms with Crippen molar-refractivity contribution in [2.45, 2.75) is 38.6 Å². The van der Waals surface area contributed by atoms with Crippen molar-refractivity contribution < 1.29 is 4.79 Å². The molecule has 1 atom stereocenters. The van der Waals surface area contributed by atoms with Crippen molar-refractivity contribution in [3.8, 4) is 0 Å². The minimum Gasteiger partial charge on any atom is -0.327 e. The van der Waals surface area contributed by atoms with Gasteiger partial charge in [0, 0.05) is 23.6 Å². The van der Waals surface area contributed by atoms with E-state index in [2.05, 4.69) is 24.4 Å². The van der Waals surface area contributed by atoms with Gasteiger partial charge in [-0.25, -0.2) is 0 Å². The summed E-state index contributed by atoms with van der Waals surface area (Å²) in [6, 6.07) is 8.25. The van der Waals surface area contributed by atoms with Crippen LogP contribution >= 0.6 is 11.3 Å². The topological polar surface area (TPSA) is 43.1 Å². The summed E-state index contributed by atoms with van der Waals surface area (Å²) in [5.74, 6) is 0.250. The van der Waals surface area contributed by atoms with Gasteiger partial charge in [0.05, 0.1) is 0 Å². The Morgan fingerprint density at radius 3 is 2.94 bits per heavy atom. The van der Waals surface area contributed by atoms with Crippen LogP contribution in [-0.2, 0) is 11.2 Å². The second-order valence-electron chi connectivity index (χ2n) is 4.73. The van der Waals surface area contributed by atoms with Crippen LogP contribution in [0.25, 0.3) is 10.1 Å². The zero-order valence-electron chi connectivity index (χ0n) is 10.7. The zero-order chi connectivity index (χ0) is 13.0. The highest BCUT2D eigenvalue weighted by atomic mass is 32.1. The summed E-state index contributed by atoms with van der Waals surface area (Å²) >= 11 is 1.70. The van der Waals surface area contributed by atoms with E-state index in [1.165, 1.54) is 10.1 Å². The molecule has 0 amide bonds. The SMILES string of the molecule is CCCC(N)CC(=O)Cc1csc2ccccc12. The van der Waals surface area contributed by atoms with Gasteiger partial charge in [-0.1, -0.05) is 31.5 Å². The van der Waals surface area contributed by atoms with Crippen molar-refractivity contribution >= 4 is 27.2 Å². The molecule has 1 unspecified atom stereocenters. The summed E-state index contributed by atoms with van der Waals surface area (Å²) in [5.41, 5.74) is 7.05. The van der Waals surface area contributed by atoms with Crippen molar-refractivity contribution in [3.63, 3.8) is 0 Å². The van der Waals surface area contributed by atoms with Gasteiger partial charge in [0.25, 0.3) is 0 Å². The van der Waals surface area contributed by atoms with Crippen LogP contribution in [0.2, 0.25) is 0 Å². The number of hydrogen-bond acceptors (Lipinski definition) is 3. The Hall–Kier alpha value is -1.19. The van der Waals surface area contributed by atoms with Crippen LogP contribution < -0.4 is 5.73 Å². The van der Waals surface area contributed by atoms with Gasteiger partial charge >= 0.3 is 0 Å². The number of hydrogen-bond donors (Lipinski definition) is 1. The first-order valence-corrected chi connectivity index (χ1v) is 7.31. The number of rotatable bonds is 6. The van der Waals surface area contributed by atoms with Crippen LogP contribution in [0.1, 0.15) is 31.7 Å². The fourth-order valence-electron chi connectivity index (χ4n) is 2.22. The maximum Gasteiger partial charge on any atom is 0.138 e. The molecule has 2 aromatic rings. The lowest BCUT2D eigenvalue weighted by atomic mass is 10.0. The van der Waals surface area contributed by atoms with Crippen molar-refractivity contribution in [2.24, 2.45) is 5.73 Å². The number of ketones is 1. The molecule has 0 aliphatic carbocycles. The van der Waals surface area contributed by atoms with Crippen molar-refractivity contribution in [1.82, 2.24) is 0 Å². The van der Waals surface area contributed by atoms with Gasteiger partial charge in [-0.05, 0) is 28.8 Å². The molecule has 0 aliphatic heterocycles. The molecular weight excluding hydrogens is 242 g/mol. The number of fused-ring (bicyclic) bond motifs is 1. The van der Waals surface area contributed by atoms with E-state index in [0.29, 0.717) is 12.8 Å². The molecule has 2 nitrogen and oxygen atoms in total. The van der Waals surface area contributed by atoms with Crippen LogP contribution in [0, 0.1) is 0 Å². The number of benzene rings is 1. The molecule has 96 valence electrons. The van der Waals surface area contributed by atoms with E-state index in [-0.39, 0.29) is 11.8 Å². The Balaban J connectivity index is 2.03. The Labute approximate surface area is 112 Å². The first-order valence-electron chi connectivity index (χ1n) is 6.43. The Bertz CT molecular complexity index is 532. The largest absolute Gasteiger partial charge is 0.327 e. The lowest BCUT2D eigenvalue weighted by molar-refractivity contribution is -0.118. The van der Waals surface area contributed by atoms with Gasteiger partial charge in [-0.15, -0.1) is 11.3 Å². The van der Waals surface area contributed by atoms with Crippen molar-refractivity contribution in [1.29, 1.82) is 0 Å². The van der Waals surface area contributed by atoms with Crippen molar-refractivity contribution in [3.05, 3.63) is 35.2 Å². The number of carbonyl (C=O) groups excluding carboxylic acids is 1. The molecule has 0 aliphatic rings. The molecule has 1 aromatic carbocycles. The van der Waals surface area contributed by atoms with Gasteiger partial charge in [-0.2, -0.15) is 0 Å². The van der Waals surface area contributed by atoms with E-state index in [0.717, 1.165) is 18.4 Å². The van der Waals surface area contributed by atoms with E-state index < -0.39 is 0 Å². The smallest absolute Gasteiger partial charge is 0.138 e. The number of Topliss-reactive ketones (excluding diaryl/α,β-unsaturated/α-hetero) is 1. The number of thiophene rings is 1. The molecule has 0 radical (unpaired) electrons. The normalized spacial score (nSPS) is 12.8. The Morgan fingerprint density at radius 1 is 1.39 bits per heavy atom. The second-order valence-corrected chi connectivity index (χ2v) is 5.64. The summed E-state index contributed by atoms with van der Waals surface area (Å²) < 4.78 is 1.25. The molecule has 0 spiro atoms. The molecule has 0 saturated carbocycles. The van der Waals surface area contributed by atoms with Crippen LogP contribution in [0.3, 0.4) is 0 Å². The van der Waals surface area contributed by atoms with E-state index in [1.54, 1.807) is 11.3 Å². The predicted octanol–water partition coefficient (Wildman–Crippen LogP) is 3.53. The average molecular weight is 261 g/mol. The van der Waals surface area contributed by atoms with Gasteiger partial charge < -0.3 is 5.73 Å². The minimum absolute atomic E-state index is 0.0207. The van der Waals surface area contributed by atoms with Crippen LogP contribution in [0.15, 0.2) is 29.6 Å². The first-order chi connectivity index (χ1) is 8.70. The average Bonchev–Trinajstić information content (AvgIpc) is 2.73. The third-order valence-corrected chi connectivity index (χ3v) is 4.11. The molecule has 1 aromatic heterocycles. The standard InChI is InChI=1S/C15H19NOS/c1-2-5-12(16)9-13(17)8-11-10-18-15-7-4-3-6-14(11)15/h3-4,6-7,10,12H,2,5,8-9,16H2,1H3. The van der Waals surface area contributed by atoms with E-state index in [1.807, 2.05) is 12.1 Å². The van der Waals surface area contributed by atoms with Gasteiger partial charge in [0.15, 0.2) is 0 Å². The first kappa shape index (κ1) is 13.2. The van der Waals surface area contributed by atoms with E-state index in [4.69, 9.17) is 5.73 Å². The summed E-state index contributed by atoms with van der Waals surface area (Å²) in [6.45, 7) is 2.09. The van der Waals surface area contributed by atoms with Gasteiger partial charge in [0.2, 0.25) is 0 Å². The highest BCUT2D eigenvalue weighted by Crippen LogP contribution is 2.26. The molecule has 0 fully saturated rings. The minimum atomic E-state index is 0.0207. The monoisotopic (exact) mass is 261 g/mol. The van der Waals surface area contributed by atoms with Gasteiger partial charge in [-0.3, -0.25) is 4.79 Å².